The lowest BCUT2D eigenvalue weighted by atomic mass is 9.93. The second-order valence-electron chi connectivity index (χ2n) is 6.05. The third kappa shape index (κ3) is 3.36. The number of nitrogens with two attached hydrogens (primary N) is 1. The number of primary sulfonamides is 1. The van der Waals surface area contributed by atoms with E-state index in [9.17, 15) is 13.2 Å². The maximum Gasteiger partial charge on any atom is 0.253 e. The zero-order valence-electron chi connectivity index (χ0n) is 12.4. The van der Waals surface area contributed by atoms with Gasteiger partial charge in [0.2, 0.25) is 10.0 Å². The summed E-state index contributed by atoms with van der Waals surface area (Å²) in [7, 11) is -2.59. The molecule has 7 heteroatoms. The monoisotopic (exact) mass is 312 g/mol. The number of nitrogens with zero attached hydrogens (tertiary/aromatic N) is 1. The Morgan fingerprint density at radius 1 is 1.38 bits per heavy atom. The molecule has 2 rings (SSSR count). The summed E-state index contributed by atoms with van der Waals surface area (Å²) in [5.74, 6) is -0.0519. The molecule has 0 bridgehead atoms. The van der Waals surface area contributed by atoms with Crippen LogP contribution >= 0.6 is 0 Å². The molecule has 0 aliphatic carbocycles. The maximum absolute atomic E-state index is 12.5. The first-order valence-electron chi connectivity index (χ1n) is 6.64. The van der Waals surface area contributed by atoms with Crippen LogP contribution in [0.1, 0.15) is 30.6 Å². The Kier molecular flexibility index (Phi) is 3.99. The molecule has 0 atom stereocenters. The van der Waals surface area contributed by atoms with Crippen LogP contribution in [0.4, 0.5) is 0 Å². The second-order valence-corrected chi connectivity index (χ2v) is 7.58. The molecule has 1 saturated heterocycles. The van der Waals surface area contributed by atoms with Gasteiger partial charge in [-0.1, -0.05) is 13.8 Å². The standard InChI is InChI=1S/C14H20N2O4S/c1-14(2)6-7-16(9-14)13(17)10-4-5-11(20-3)12(8-10)21(15,18)19/h4-5,8H,6-7,9H2,1-3H3,(H2,15,18,19). The molecule has 0 unspecified atom stereocenters. The van der Waals surface area contributed by atoms with Crippen molar-refractivity contribution >= 4 is 15.9 Å². The zero-order valence-corrected chi connectivity index (χ0v) is 13.2. The lowest BCUT2D eigenvalue weighted by Crippen LogP contribution is -2.30. The Labute approximate surface area is 124 Å². The van der Waals surface area contributed by atoms with E-state index in [0.717, 1.165) is 6.42 Å². The zero-order chi connectivity index (χ0) is 15.8. The van der Waals surface area contributed by atoms with Gasteiger partial charge in [-0.05, 0) is 30.0 Å². The second kappa shape index (κ2) is 5.31. The number of hydrogen-bond donors (Lipinski definition) is 1. The molecule has 0 saturated carbocycles. The van der Waals surface area contributed by atoms with Gasteiger partial charge in [0.25, 0.3) is 5.91 Å². The Morgan fingerprint density at radius 3 is 2.52 bits per heavy atom. The molecule has 1 aliphatic rings. The van der Waals surface area contributed by atoms with Crippen LogP contribution in [-0.2, 0) is 10.0 Å². The van der Waals surface area contributed by atoms with Crippen molar-refractivity contribution in [2.24, 2.45) is 10.6 Å². The number of amides is 1. The largest absolute Gasteiger partial charge is 0.495 e. The van der Waals surface area contributed by atoms with Crippen LogP contribution in [0, 0.1) is 5.41 Å². The first-order chi connectivity index (χ1) is 9.64. The highest BCUT2D eigenvalue weighted by atomic mass is 32.2. The topological polar surface area (TPSA) is 89.7 Å². The molecule has 6 nitrogen and oxygen atoms in total. The van der Waals surface area contributed by atoms with Crippen LogP contribution in [-0.4, -0.2) is 39.4 Å². The van der Waals surface area contributed by atoms with E-state index in [1.54, 1.807) is 11.0 Å². The third-order valence-electron chi connectivity index (χ3n) is 3.68. The van der Waals surface area contributed by atoms with Crippen molar-refractivity contribution in [1.82, 2.24) is 4.90 Å². The number of hydrogen-bond acceptors (Lipinski definition) is 4. The SMILES string of the molecule is COc1ccc(C(=O)N2CCC(C)(C)C2)cc1S(N)(=O)=O. The van der Waals surface area contributed by atoms with Crippen molar-refractivity contribution in [3.05, 3.63) is 23.8 Å². The van der Waals surface area contributed by atoms with Gasteiger partial charge in [-0.15, -0.1) is 0 Å². The van der Waals surface area contributed by atoms with E-state index < -0.39 is 10.0 Å². The van der Waals surface area contributed by atoms with Crippen LogP contribution in [0.3, 0.4) is 0 Å². The molecule has 21 heavy (non-hydrogen) atoms. The van der Waals surface area contributed by atoms with Crippen molar-refractivity contribution in [2.75, 3.05) is 20.2 Å². The van der Waals surface area contributed by atoms with Crippen molar-refractivity contribution in [2.45, 2.75) is 25.2 Å². The van der Waals surface area contributed by atoms with Crippen LogP contribution in [0.15, 0.2) is 23.1 Å². The van der Waals surface area contributed by atoms with Gasteiger partial charge in [-0.3, -0.25) is 4.79 Å². The Morgan fingerprint density at radius 2 is 2.05 bits per heavy atom. The summed E-state index contributed by atoms with van der Waals surface area (Å²) in [6, 6.07) is 4.29. The molecule has 1 aromatic rings. The summed E-state index contributed by atoms with van der Waals surface area (Å²) < 4.78 is 28.2. The van der Waals surface area contributed by atoms with Gasteiger partial charge in [0.1, 0.15) is 10.6 Å². The molecular formula is C14H20N2O4S. The third-order valence-corrected chi connectivity index (χ3v) is 4.61. The number of ether oxygens (including phenoxy) is 1. The molecule has 0 radical (unpaired) electrons. The highest BCUT2D eigenvalue weighted by Crippen LogP contribution is 2.31. The summed E-state index contributed by atoms with van der Waals surface area (Å²) in [5.41, 5.74) is 0.391. The van der Waals surface area contributed by atoms with E-state index >= 15 is 0 Å². The summed E-state index contributed by atoms with van der Waals surface area (Å²) >= 11 is 0. The van der Waals surface area contributed by atoms with E-state index in [2.05, 4.69) is 13.8 Å². The van der Waals surface area contributed by atoms with Gasteiger partial charge in [0, 0.05) is 18.7 Å². The number of sulfonamides is 1. The number of carbonyl (C=O) groups is 1. The first-order valence-corrected chi connectivity index (χ1v) is 8.19. The van der Waals surface area contributed by atoms with Crippen molar-refractivity contribution in [3.63, 3.8) is 0 Å². The van der Waals surface area contributed by atoms with Gasteiger partial charge in [0.05, 0.1) is 7.11 Å². The molecule has 0 aromatic heterocycles. The molecule has 1 heterocycles. The lowest BCUT2D eigenvalue weighted by Gasteiger charge is -2.20. The van der Waals surface area contributed by atoms with E-state index in [1.165, 1.54) is 19.2 Å². The Bertz CT molecular complexity index is 668. The summed E-state index contributed by atoms with van der Waals surface area (Å²) in [5, 5.41) is 5.17. The quantitative estimate of drug-likeness (QED) is 0.908. The number of likely N-dealkylation sites (tertiary alicyclic amines) is 1. The highest BCUT2D eigenvalue weighted by Gasteiger charge is 2.32. The number of methoxy groups -OCH3 is 1. The normalized spacial score (nSPS) is 17.8. The highest BCUT2D eigenvalue weighted by molar-refractivity contribution is 7.89. The fourth-order valence-electron chi connectivity index (χ4n) is 2.50. The summed E-state index contributed by atoms with van der Waals surface area (Å²) in [4.78, 5) is 14.0. The average molecular weight is 312 g/mol. The van der Waals surface area contributed by atoms with Crippen molar-refractivity contribution in [1.29, 1.82) is 0 Å². The van der Waals surface area contributed by atoms with Gasteiger partial charge >= 0.3 is 0 Å². The molecular weight excluding hydrogens is 292 g/mol. The smallest absolute Gasteiger partial charge is 0.253 e. The molecule has 1 aromatic carbocycles. The lowest BCUT2D eigenvalue weighted by molar-refractivity contribution is 0.0778. The van der Waals surface area contributed by atoms with E-state index in [1.807, 2.05) is 0 Å². The minimum absolute atomic E-state index is 0.0882. The molecule has 1 amide bonds. The predicted molar refractivity (Wildman–Crippen MR) is 78.7 cm³/mol. The van der Waals surface area contributed by atoms with E-state index in [4.69, 9.17) is 9.88 Å². The fourth-order valence-corrected chi connectivity index (χ4v) is 3.22. The van der Waals surface area contributed by atoms with E-state index in [-0.39, 0.29) is 22.0 Å². The van der Waals surface area contributed by atoms with Gasteiger partial charge < -0.3 is 9.64 Å². The Hall–Kier alpha value is -1.60. The number of rotatable bonds is 3. The summed E-state index contributed by atoms with van der Waals surface area (Å²) in [6.45, 7) is 5.53. The van der Waals surface area contributed by atoms with E-state index in [0.29, 0.717) is 18.7 Å². The molecule has 2 N–H and O–H groups in total. The first kappa shape index (κ1) is 15.8. The minimum atomic E-state index is -3.94. The van der Waals surface area contributed by atoms with Gasteiger partial charge in [0.15, 0.2) is 0 Å². The maximum atomic E-state index is 12.5. The van der Waals surface area contributed by atoms with Crippen LogP contribution in [0.5, 0.6) is 5.75 Å². The molecule has 1 aliphatic heterocycles. The average Bonchev–Trinajstić information content (AvgIpc) is 2.76. The van der Waals surface area contributed by atoms with Gasteiger partial charge in [-0.25, -0.2) is 13.6 Å². The fraction of sp³-hybridized carbons (Fsp3) is 0.500. The molecule has 0 spiro atoms. The van der Waals surface area contributed by atoms with Crippen LogP contribution < -0.4 is 9.88 Å². The van der Waals surface area contributed by atoms with Crippen LogP contribution in [0.2, 0.25) is 0 Å². The minimum Gasteiger partial charge on any atom is -0.495 e. The number of carbonyl (C=O) groups excluding carboxylic acids is 1. The van der Waals surface area contributed by atoms with Crippen molar-refractivity contribution in [3.8, 4) is 5.75 Å². The number of benzene rings is 1. The summed E-state index contributed by atoms with van der Waals surface area (Å²) in [6.07, 6.45) is 0.928. The Balaban J connectivity index is 2.35. The predicted octanol–water partition coefficient (Wildman–Crippen LogP) is 1.21. The van der Waals surface area contributed by atoms with Crippen molar-refractivity contribution < 1.29 is 17.9 Å². The molecule has 1 fully saturated rings. The van der Waals surface area contributed by atoms with Gasteiger partial charge in [-0.2, -0.15) is 0 Å². The molecule has 116 valence electrons. The van der Waals surface area contributed by atoms with Crippen LogP contribution in [0.25, 0.3) is 0 Å².